The second-order valence-corrected chi connectivity index (χ2v) is 8.09. The van der Waals surface area contributed by atoms with Crippen LogP contribution in [0.4, 0.5) is 17.1 Å². The Kier molecular flexibility index (Phi) is 5.47. The normalized spacial score (nSPS) is 17.2. The molecule has 1 amide bonds. The third-order valence-corrected chi connectivity index (χ3v) is 5.79. The Morgan fingerprint density at radius 1 is 0.853 bits per heavy atom. The van der Waals surface area contributed by atoms with Crippen molar-refractivity contribution < 1.29 is 19.1 Å². The Hall–Kier alpha value is -4.58. The molecule has 1 aliphatic rings. The molecule has 0 aliphatic carbocycles. The first-order chi connectivity index (χ1) is 16.5. The first kappa shape index (κ1) is 21.3. The number of aryl methyl sites for hydroxylation is 1. The zero-order valence-electron chi connectivity index (χ0n) is 18.4. The quantitative estimate of drug-likeness (QED) is 0.223. The predicted octanol–water partition coefficient (Wildman–Crippen LogP) is 5.96. The number of anilines is 3. The van der Waals surface area contributed by atoms with Crippen molar-refractivity contribution in [1.29, 1.82) is 0 Å². The van der Waals surface area contributed by atoms with Crippen molar-refractivity contribution in [2.45, 2.75) is 13.0 Å². The van der Waals surface area contributed by atoms with Gasteiger partial charge in [0, 0.05) is 22.6 Å². The van der Waals surface area contributed by atoms with Crippen molar-refractivity contribution in [2.75, 3.05) is 10.2 Å². The number of benzene rings is 3. The molecule has 0 saturated carbocycles. The lowest BCUT2D eigenvalue weighted by Gasteiger charge is -2.23. The van der Waals surface area contributed by atoms with E-state index < -0.39 is 17.7 Å². The summed E-state index contributed by atoms with van der Waals surface area (Å²) < 4.78 is 5.60. The number of carbonyl (C=O) groups excluding carboxylic acids is 2. The van der Waals surface area contributed by atoms with Gasteiger partial charge in [0.05, 0.1) is 11.8 Å². The molecule has 0 spiro atoms. The third-order valence-electron chi connectivity index (χ3n) is 5.79. The topological polar surface area (TPSA) is 82.8 Å². The van der Waals surface area contributed by atoms with Crippen molar-refractivity contribution in [3.63, 3.8) is 0 Å². The number of para-hydroxylation sites is 1. The minimum atomic E-state index is -0.885. The Labute approximate surface area is 196 Å². The molecule has 1 atom stereocenters. The molecule has 2 N–H and O–H groups in total. The van der Waals surface area contributed by atoms with E-state index in [1.807, 2.05) is 61.5 Å². The van der Waals surface area contributed by atoms with Gasteiger partial charge >= 0.3 is 0 Å². The van der Waals surface area contributed by atoms with Crippen molar-refractivity contribution in [3.8, 4) is 0 Å². The maximum Gasteiger partial charge on any atom is 0.300 e. The smallest absolute Gasteiger partial charge is 0.300 e. The van der Waals surface area contributed by atoms with Gasteiger partial charge < -0.3 is 14.8 Å². The summed E-state index contributed by atoms with van der Waals surface area (Å²) in [5, 5.41) is 14.4. The lowest BCUT2D eigenvalue weighted by atomic mass is 9.98. The predicted molar refractivity (Wildman–Crippen MR) is 131 cm³/mol. The number of Topliss-reactive ketones (excluding diaryl/α,β-unsaturated/α-hetero) is 1. The van der Waals surface area contributed by atoms with Gasteiger partial charge in [-0.25, -0.2) is 0 Å². The fourth-order valence-corrected chi connectivity index (χ4v) is 4.08. The van der Waals surface area contributed by atoms with Crippen LogP contribution < -0.4 is 10.2 Å². The van der Waals surface area contributed by atoms with E-state index in [-0.39, 0.29) is 11.3 Å². The average molecular weight is 450 g/mol. The molecular formula is C28H22N2O4. The number of nitrogens with zero attached hydrogens (tertiary/aromatic N) is 1. The van der Waals surface area contributed by atoms with Crippen LogP contribution in [0.2, 0.25) is 0 Å². The van der Waals surface area contributed by atoms with E-state index >= 15 is 0 Å². The number of furan rings is 1. The monoisotopic (exact) mass is 450 g/mol. The van der Waals surface area contributed by atoms with Crippen molar-refractivity contribution in [2.24, 2.45) is 0 Å². The van der Waals surface area contributed by atoms with Crippen LogP contribution in [0.25, 0.3) is 5.76 Å². The van der Waals surface area contributed by atoms with Gasteiger partial charge in [-0.2, -0.15) is 0 Å². The van der Waals surface area contributed by atoms with Gasteiger partial charge in [0.1, 0.15) is 17.6 Å². The first-order valence-electron chi connectivity index (χ1n) is 10.9. The highest BCUT2D eigenvalue weighted by atomic mass is 16.3. The second kappa shape index (κ2) is 8.75. The molecule has 6 nitrogen and oxygen atoms in total. The van der Waals surface area contributed by atoms with Crippen LogP contribution in [-0.4, -0.2) is 16.8 Å². The Bertz CT molecular complexity index is 1360. The van der Waals surface area contributed by atoms with Crippen LogP contribution in [0.3, 0.4) is 0 Å². The molecule has 0 radical (unpaired) electrons. The van der Waals surface area contributed by atoms with Crippen LogP contribution in [0.5, 0.6) is 0 Å². The standard InChI is InChI=1S/C28H22N2O4/c1-18-9-11-19(12-10-18)26(31)24-25(23-8-5-17-34-23)30(28(33)27(24)32)22-15-13-21(14-16-22)29-20-6-3-2-4-7-20/h2-17,25,29,31H,1H3/b26-24-. The molecule has 4 aromatic rings. The maximum atomic E-state index is 13.2. The van der Waals surface area contributed by atoms with Crippen LogP contribution in [0.15, 0.2) is 107 Å². The number of hydrogen-bond donors (Lipinski definition) is 2. The summed E-state index contributed by atoms with van der Waals surface area (Å²) in [6.45, 7) is 1.93. The lowest BCUT2D eigenvalue weighted by Crippen LogP contribution is -2.29. The van der Waals surface area contributed by atoms with Gasteiger partial charge in [-0.1, -0.05) is 48.0 Å². The molecule has 3 aromatic carbocycles. The van der Waals surface area contributed by atoms with E-state index in [1.165, 1.54) is 11.2 Å². The SMILES string of the molecule is Cc1ccc(/C(O)=C2/C(=O)C(=O)N(c3ccc(Nc4ccccc4)cc3)C2c2ccco2)cc1. The van der Waals surface area contributed by atoms with Crippen molar-refractivity contribution in [3.05, 3.63) is 120 Å². The molecule has 1 saturated heterocycles. The van der Waals surface area contributed by atoms with Crippen molar-refractivity contribution in [1.82, 2.24) is 0 Å². The first-order valence-corrected chi connectivity index (χ1v) is 10.9. The summed E-state index contributed by atoms with van der Waals surface area (Å²) in [4.78, 5) is 27.7. The van der Waals surface area contributed by atoms with E-state index in [4.69, 9.17) is 4.42 Å². The van der Waals surface area contributed by atoms with Crippen LogP contribution in [-0.2, 0) is 9.59 Å². The van der Waals surface area contributed by atoms with Gasteiger partial charge in [0.2, 0.25) is 0 Å². The van der Waals surface area contributed by atoms with Crippen LogP contribution >= 0.6 is 0 Å². The molecule has 34 heavy (non-hydrogen) atoms. The minimum Gasteiger partial charge on any atom is -0.507 e. The van der Waals surface area contributed by atoms with E-state index in [2.05, 4.69) is 5.32 Å². The van der Waals surface area contributed by atoms with E-state index in [9.17, 15) is 14.7 Å². The van der Waals surface area contributed by atoms with E-state index in [0.29, 0.717) is 17.0 Å². The van der Waals surface area contributed by atoms with Gasteiger partial charge in [0.15, 0.2) is 0 Å². The zero-order chi connectivity index (χ0) is 23.7. The van der Waals surface area contributed by atoms with E-state index in [0.717, 1.165) is 16.9 Å². The molecule has 0 bridgehead atoms. The summed E-state index contributed by atoms with van der Waals surface area (Å²) in [6, 6.07) is 26.5. The summed E-state index contributed by atoms with van der Waals surface area (Å²) in [5.74, 6) is -1.33. The van der Waals surface area contributed by atoms with E-state index in [1.54, 1.807) is 36.4 Å². The van der Waals surface area contributed by atoms with Crippen molar-refractivity contribution >= 4 is 34.5 Å². The van der Waals surface area contributed by atoms with Crippen LogP contribution in [0, 0.1) is 6.92 Å². The zero-order valence-corrected chi connectivity index (χ0v) is 18.4. The number of aliphatic hydroxyl groups is 1. The molecule has 5 rings (SSSR count). The Morgan fingerprint density at radius 2 is 1.53 bits per heavy atom. The molecule has 1 aromatic heterocycles. The molecular weight excluding hydrogens is 428 g/mol. The maximum absolute atomic E-state index is 13.2. The lowest BCUT2D eigenvalue weighted by molar-refractivity contribution is -0.132. The average Bonchev–Trinajstić information content (AvgIpc) is 3.47. The molecule has 168 valence electrons. The summed E-state index contributed by atoms with van der Waals surface area (Å²) >= 11 is 0. The second-order valence-electron chi connectivity index (χ2n) is 8.09. The third kappa shape index (κ3) is 3.86. The van der Waals surface area contributed by atoms with Gasteiger partial charge in [-0.05, 0) is 55.5 Å². The van der Waals surface area contributed by atoms with Crippen LogP contribution in [0.1, 0.15) is 22.9 Å². The van der Waals surface area contributed by atoms with Gasteiger partial charge in [-0.3, -0.25) is 14.5 Å². The number of carbonyl (C=O) groups is 2. The number of hydrogen-bond acceptors (Lipinski definition) is 5. The van der Waals surface area contributed by atoms with Gasteiger partial charge in [-0.15, -0.1) is 0 Å². The summed E-state index contributed by atoms with van der Waals surface area (Å²) in [6.07, 6.45) is 1.48. The highest BCUT2D eigenvalue weighted by molar-refractivity contribution is 6.51. The number of amides is 1. The number of nitrogens with one attached hydrogen (secondary N) is 1. The number of aliphatic hydroxyl groups excluding tert-OH is 1. The highest BCUT2D eigenvalue weighted by Gasteiger charge is 2.48. The molecule has 1 fully saturated rings. The Morgan fingerprint density at radius 3 is 2.18 bits per heavy atom. The number of rotatable bonds is 5. The highest BCUT2D eigenvalue weighted by Crippen LogP contribution is 2.42. The minimum absolute atomic E-state index is 0.00436. The molecule has 6 heteroatoms. The Balaban J connectivity index is 1.55. The fourth-order valence-electron chi connectivity index (χ4n) is 4.08. The molecule has 1 unspecified atom stereocenters. The largest absolute Gasteiger partial charge is 0.507 e. The molecule has 1 aliphatic heterocycles. The number of ketones is 1. The summed E-state index contributed by atoms with van der Waals surface area (Å²) in [7, 11) is 0. The van der Waals surface area contributed by atoms with Gasteiger partial charge in [0.25, 0.3) is 11.7 Å². The molecule has 2 heterocycles. The fraction of sp³-hybridized carbons (Fsp3) is 0.0714. The summed E-state index contributed by atoms with van der Waals surface area (Å²) in [5.41, 5.74) is 3.76.